The first-order valence-corrected chi connectivity index (χ1v) is 12.3. The quantitative estimate of drug-likeness (QED) is 0.578. The molecule has 0 radical (unpaired) electrons. The molecule has 6 aliphatic rings. The van der Waals surface area contributed by atoms with Crippen molar-refractivity contribution in [1.82, 2.24) is 36.2 Å². The first kappa shape index (κ1) is 21.5. The summed E-state index contributed by atoms with van der Waals surface area (Å²) in [7, 11) is 1.64. The van der Waals surface area contributed by atoms with Crippen molar-refractivity contribution in [3.05, 3.63) is 76.9 Å². The van der Waals surface area contributed by atoms with Crippen LogP contribution in [0.15, 0.2) is 65.8 Å². The second-order valence-corrected chi connectivity index (χ2v) is 9.79. The number of methoxy groups -OCH3 is 1. The predicted octanol–water partition coefficient (Wildman–Crippen LogP) is 1.26. The Morgan fingerprint density at radius 1 is 1.14 bits per heavy atom. The fourth-order valence-corrected chi connectivity index (χ4v) is 5.91. The number of hydrazine groups is 2. The van der Waals surface area contributed by atoms with Crippen LogP contribution >= 0.6 is 0 Å². The number of hydrogen-bond donors (Lipinski definition) is 3. The second kappa shape index (κ2) is 8.43. The van der Waals surface area contributed by atoms with Crippen LogP contribution in [-0.4, -0.2) is 64.9 Å². The fraction of sp³-hybridized carbons (Fsp3) is 0.346. The first-order valence-electron chi connectivity index (χ1n) is 12.3. The van der Waals surface area contributed by atoms with Gasteiger partial charge in [-0.05, 0) is 30.2 Å². The van der Waals surface area contributed by atoms with Crippen molar-refractivity contribution in [3.8, 4) is 11.9 Å². The minimum Gasteiger partial charge on any atom is -0.481 e. The number of aromatic nitrogens is 2. The molecule has 36 heavy (non-hydrogen) atoms. The number of piperazine rings is 1. The van der Waals surface area contributed by atoms with Crippen molar-refractivity contribution in [3.63, 3.8) is 0 Å². The average molecular weight is 482 g/mol. The third-order valence-corrected chi connectivity index (χ3v) is 7.74. The summed E-state index contributed by atoms with van der Waals surface area (Å²) < 4.78 is 5.18. The van der Waals surface area contributed by atoms with Crippen LogP contribution in [0.3, 0.4) is 0 Å². The average Bonchev–Trinajstić information content (AvgIpc) is 3.53. The SMILES string of the molecule is COc1ccc(CN2C3CC2CN(c2ccc(C4=CC(C#N)=CN5NC6NNCC6=C45)cn2)C3)cn1. The van der Waals surface area contributed by atoms with E-state index in [1.54, 1.807) is 7.11 Å². The van der Waals surface area contributed by atoms with E-state index in [0.717, 1.165) is 48.8 Å². The van der Waals surface area contributed by atoms with Gasteiger partial charge in [-0.2, -0.15) is 5.26 Å². The molecular weight excluding hydrogens is 454 g/mol. The molecule has 2 bridgehead atoms. The smallest absolute Gasteiger partial charge is 0.212 e. The van der Waals surface area contributed by atoms with Gasteiger partial charge in [0.25, 0.3) is 0 Å². The van der Waals surface area contributed by atoms with Crippen molar-refractivity contribution in [2.75, 3.05) is 31.6 Å². The van der Waals surface area contributed by atoms with Crippen molar-refractivity contribution in [1.29, 1.82) is 5.26 Å². The molecule has 6 aliphatic heterocycles. The Morgan fingerprint density at radius 3 is 2.75 bits per heavy atom. The number of allylic oxidation sites excluding steroid dienone is 3. The Labute approximate surface area is 209 Å². The maximum absolute atomic E-state index is 9.56. The summed E-state index contributed by atoms with van der Waals surface area (Å²) in [6.07, 6.45) is 8.92. The van der Waals surface area contributed by atoms with E-state index in [9.17, 15) is 5.26 Å². The van der Waals surface area contributed by atoms with Crippen LogP contribution in [0.4, 0.5) is 5.82 Å². The Hall–Kier alpha value is -3.75. The summed E-state index contributed by atoms with van der Waals surface area (Å²) in [5.74, 6) is 1.66. The number of ether oxygens (including phenoxy) is 1. The molecule has 4 saturated heterocycles. The zero-order chi connectivity index (χ0) is 24.2. The number of anilines is 1. The standard InChI is InChI=1S/C26H27N9O/c1-36-24-5-2-16(9-29-24)12-34-19-7-20(34)15-33(14-19)23-4-3-18(10-28-23)21-6-17(8-27)13-35-25(21)22-11-30-31-26(22)32-35/h2-6,9-10,13,19-20,26,30-32H,7,11-12,14-15H2,1H3. The molecule has 3 unspecified atom stereocenters. The van der Waals surface area contributed by atoms with Crippen LogP contribution in [0.5, 0.6) is 5.88 Å². The molecule has 0 saturated carbocycles. The van der Waals surface area contributed by atoms with Gasteiger partial charge in [0.05, 0.1) is 18.4 Å². The molecular formula is C26H27N9O. The molecule has 8 rings (SSSR count). The number of nitrogens with one attached hydrogen (secondary N) is 3. The summed E-state index contributed by atoms with van der Waals surface area (Å²) in [4.78, 5) is 14.2. The van der Waals surface area contributed by atoms with Crippen LogP contribution in [0, 0.1) is 11.3 Å². The maximum atomic E-state index is 9.56. The molecule has 3 atom stereocenters. The molecule has 10 heteroatoms. The van der Waals surface area contributed by atoms with E-state index in [1.807, 2.05) is 35.7 Å². The largest absolute Gasteiger partial charge is 0.481 e. The molecule has 182 valence electrons. The van der Waals surface area contributed by atoms with Crippen molar-refractivity contribution < 1.29 is 4.74 Å². The van der Waals surface area contributed by atoms with Gasteiger partial charge in [-0.15, -0.1) is 0 Å². The van der Waals surface area contributed by atoms with Gasteiger partial charge in [0.1, 0.15) is 18.1 Å². The van der Waals surface area contributed by atoms with Crippen molar-refractivity contribution >= 4 is 11.4 Å². The molecule has 3 N–H and O–H groups in total. The lowest BCUT2D eigenvalue weighted by Gasteiger charge is -2.56. The lowest BCUT2D eigenvalue weighted by molar-refractivity contribution is -0.00877. The van der Waals surface area contributed by atoms with E-state index in [1.165, 1.54) is 17.6 Å². The lowest BCUT2D eigenvalue weighted by atomic mass is 9.87. The lowest BCUT2D eigenvalue weighted by Crippen LogP contribution is -2.68. The van der Waals surface area contributed by atoms with Crippen LogP contribution < -0.4 is 25.9 Å². The number of nitrogens with zero attached hydrogens (tertiary/aromatic N) is 6. The number of fused-ring (bicyclic) bond motifs is 4. The highest BCUT2D eigenvalue weighted by atomic mass is 16.5. The number of piperidine rings is 1. The van der Waals surface area contributed by atoms with Crippen LogP contribution in [0.1, 0.15) is 17.5 Å². The van der Waals surface area contributed by atoms with Gasteiger partial charge >= 0.3 is 0 Å². The van der Waals surface area contributed by atoms with Gasteiger partial charge in [0.15, 0.2) is 0 Å². The topological polar surface area (TPSA) is 105 Å². The molecule has 8 heterocycles. The fourth-order valence-electron chi connectivity index (χ4n) is 5.91. The van der Waals surface area contributed by atoms with Crippen molar-refractivity contribution in [2.24, 2.45) is 0 Å². The normalized spacial score (nSPS) is 26.6. The molecule has 2 aromatic rings. The van der Waals surface area contributed by atoms with Crippen molar-refractivity contribution in [2.45, 2.75) is 31.2 Å². The highest BCUT2D eigenvalue weighted by molar-refractivity contribution is 5.84. The van der Waals surface area contributed by atoms with Crippen LogP contribution in [-0.2, 0) is 6.54 Å². The van der Waals surface area contributed by atoms with Gasteiger partial charge in [0, 0.05) is 79.6 Å². The third-order valence-electron chi connectivity index (χ3n) is 7.74. The van der Waals surface area contributed by atoms with Crippen LogP contribution in [0.2, 0.25) is 0 Å². The Morgan fingerprint density at radius 2 is 2.03 bits per heavy atom. The van der Waals surface area contributed by atoms with E-state index in [4.69, 9.17) is 9.72 Å². The number of pyridine rings is 2. The number of hydrogen-bond acceptors (Lipinski definition) is 10. The molecule has 0 spiro atoms. The van der Waals surface area contributed by atoms with Crippen LogP contribution in [0.25, 0.3) is 5.57 Å². The van der Waals surface area contributed by atoms with Gasteiger partial charge < -0.3 is 9.64 Å². The number of rotatable bonds is 5. The molecule has 2 aromatic heterocycles. The Bertz CT molecular complexity index is 1310. The van der Waals surface area contributed by atoms with E-state index >= 15 is 0 Å². The monoisotopic (exact) mass is 481 g/mol. The first-order chi connectivity index (χ1) is 17.7. The van der Waals surface area contributed by atoms with E-state index in [2.05, 4.69) is 55.3 Å². The Balaban J connectivity index is 1.07. The summed E-state index contributed by atoms with van der Waals surface area (Å²) >= 11 is 0. The van der Waals surface area contributed by atoms with Gasteiger partial charge in [-0.25, -0.2) is 20.8 Å². The molecule has 10 nitrogen and oxygen atoms in total. The molecule has 4 fully saturated rings. The summed E-state index contributed by atoms with van der Waals surface area (Å²) in [5, 5.41) is 11.5. The minimum absolute atomic E-state index is 0.0293. The van der Waals surface area contributed by atoms with Gasteiger partial charge in [0.2, 0.25) is 5.88 Å². The molecule has 0 aliphatic carbocycles. The zero-order valence-corrected chi connectivity index (χ0v) is 20.0. The summed E-state index contributed by atoms with van der Waals surface area (Å²) in [5.41, 5.74) is 16.0. The third kappa shape index (κ3) is 3.48. The predicted molar refractivity (Wildman–Crippen MR) is 134 cm³/mol. The summed E-state index contributed by atoms with van der Waals surface area (Å²) in [6.45, 7) is 3.62. The molecule has 0 aromatic carbocycles. The minimum atomic E-state index is 0.0293. The maximum Gasteiger partial charge on any atom is 0.212 e. The highest BCUT2D eigenvalue weighted by Gasteiger charge is 2.44. The van der Waals surface area contributed by atoms with E-state index < -0.39 is 0 Å². The molecule has 0 amide bonds. The number of nitriles is 1. The van der Waals surface area contributed by atoms with E-state index in [0.29, 0.717) is 23.5 Å². The highest BCUT2D eigenvalue weighted by Crippen LogP contribution is 2.39. The zero-order valence-electron chi connectivity index (χ0n) is 20.0. The second-order valence-electron chi connectivity index (χ2n) is 9.79. The summed E-state index contributed by atoms with van der Waals surface area (Å²) in [6, 6.07) is 11.6. The van der Waals surface area contributed by atoms with E-state index in [-0.39, 0.29) is 6.17 Å². The Kier molecular flexibility index (Phi) is 5.04. The van der Waals surface area contributed by atoms with Gasteiger partial charge in [-0.3, -0.25) is 15.3 Å². The van der Waals surface area contributed by atoms with Gasteiger partial charge in [-0.1, -0.05) is 6.07 Å².